The third kappa shape index (κ3) is 4.48. The van der Waals surface area contributed by atoms with Crippen molar-refractivity contribution in [3.8, 4) is 0 Å². The third-order valence-corrected chi connectivity index (χ3v) is 6.19. The molecule has 0 aromatic carbocycles. The molecular weight excluding hydrogens is 372 g/mol. The van der Waals surface area contributed by atoms with Gasteiger partial charge in [0.1, 0.15) is 5.82 Å². The van der Waals surface area contributed by atoms with E-state index in [9.17, 15) is 0 Å². The average Bonchev–Trinajstić information content (AvgIpc) is 2.79. The zero-order valence-corrected chi connectivity index (χ0v) is 18.1. The first-order valence-corrected chi connectivity index (χ1v) is 11.0. The van der Waals surface area contributed by atoms with Crippen LogP contribution in [0.5, 0.6) is 0 Å². The fourth-order valence-electron chi connectivity index (χ4n) is 4.43. The molecule has 0 saturated heterocycles. The van der Waals surface area contributed by atoms with E-state index in [-0.39, 0.29) is 0 Å². The van der Waals surface area contributed by atoms with E-state index in [0.29, 0.717) is 6.04 Å². The molecule has 1 fully saturated rings. The first kappa shape index (κ1) is 20.4. The van der Waals surface area contributed by atoms with E-state index in [1.807, 2.05) is 25.7 Å². The highest BCUT2D eigenvalue weighted by atomic mass is 15.2. The quantitative estimate of drug-likeness (QED) is 0.734. The molecule has 2 aromatic rings. The number of nitrogens with zero attached hydrogens (tertiary/aromatic N) is 4. The maximum absolute atomic E-state index is 5.95. The van der Waals surface area contributed by atoms with Gasteiger partial charge in [0.25, 0.3) is 0 Å². The first-order valence-electron chi connectivity index (χ1n) is 11.0. The molecule has 6 heteroatoms. The van der Waals surface area contributed by atoms with Crippen LogP contribution >= 0.6 is 0 Å². The number of aromatic nitrogens is 2. The second-order valence-electron chi connectivity index (χ2n) is 8.31. The van der Waals surface area contributed by atoms with Crippen molar-refractivity contribution in [3.63, 3.8) is 0 Å². The van der Waals surface area contributed by atoms with Crippen molar-refractivity contribution in [1.82, 2.24) is 9.97 Å². The lowest BCUT2D eigenvalue weighted by atomic mass is 9.96. The Hall–Kier alpha value is -2.89. The summed E-state index contributed by atoms with van der Waals surface area (Å²) < 4.78 is 0. The van der Waals surface area contributed by atoms with Crippen molar-refractivity contribution in [2.75, 3.05) is 23.8 Å². The summed E-state index contributed by atoms with van der Waals surface area (Å²) in [6, 6.07) is 4.80. The molecule has 4 rings (SSSR count). The molecule has 1 saturated carbocycles. The summed E-state index contributed by atoms with van der Waals surface area (Å²) in [5, 5.41) is 3.15. The van der Waals surface area contributed by atoms with Gasteiger partial charge in [-0.05, 0) is 43.0 Å². The minimum atomic E-state index is 0.435. The standard InChI is InChI=1S/C24H32N6/c1-17-10-22(26-2)15-29-24(17)30-9-8-23-19(16-30)11-18(13-28-23)20(12-25)14-27-21-6-4-3-5-7-21/h10-15,21,26H,3-9,16,25H2,1-2H3. The lowest BCUT2D eigenvalue weighted by Crippen LogP contribution is -2.32. The number of anilines is 2. The molecule has 1 aliphatic carbocycles. The Balaban J connectivity index is 1.53. The van der Waals surface area contributed by atoms with Crippen LogP contribution in [0.2, 0.25) is 0 Å². The molecule has 2 aromatic heterocycles. The zero-order valence-electron chi connectivity index (χ0n) is 18.1. The number of nitrogens with two attached hydrogens (primary N) is 1. The van der Waals surface area contributed by atoms with Crippen molar-refractivity contribution in [2.24, 2.45) is 10.7 Å². The van der Waals surface area contributed by atoms with E-state index in [0.717, 1.165) is 42.2 Å². The minimum absolute atomic E-state index is 0.435. The number of allylic oxidation sites excluding steroid dienone is 1. The number of nitrogens with one attached hydrogen (secondary N) is 1. The first-order chi connectivity index (χ1) is 14.7. The lowest BCUT2D eigenvalue weighted by molar-refractivity contribution is 0.444. The molecule has 0 atom stereocenters. The third-order valence-electron chi connectivity index (χ3n) is 6.19. The highest BCUT2D eigenvalue weighted by Gasteiger charge is 2.21. The number of aryl methyl sites for hydroxylation is 1. The zero-order chi connectivity index (χ0) is 20.9. The molecule has 3 N–H and O–H groups in total. The number of pyridine rings is 2. The van der Waals surface area contributed by atoms with Crippen LogP contribution in [0, 0.1) is 6.92 Å². The summed E-state index contributed by atoms with van der Waals surface area (Å²) >= 11 is 0. The lowest BCUT2D eigenvalue weighted by Gasteiger charge is -2.30. The van der Waals surface area contributed by atoms with Crippen LogP contribution in [0.1, 0.15) is 54.5 Å². The van der Waals surface area contributed by atoms with Gasteiger partial charge in [-0.15, -0.1) is 0 Å². The summed E-state index contributed by atoms with van der Waals surface area (Å²) in [5.41, 5.74) is 12.6. The fourth-order valence-corrected chi connectivity index (χ4v) is 4.43. The van der Waals surface area contributed by atoms with Crippen LogP contribution in [-0.4, -0.2) is 35.8 Å². The molecule has 2 aliphatic rings. The van der Waals surface area contributed by atoms with Gasteiger partial charge in [-0.1, -0.05) is 19.3 Å². The predicted octanol–water partition coefficient (Wildman–Crippen LogP) is 4.09. The van der Waals surface area contributed by atoms with Gasteiger partial charge in [0.05, 0.1) is 11.9 Å². The van der Waals surface area contributed by atoms with E-state index >= 15 is 0 Å². The van der Waals surface area contributed by atoms with Gasteiger partial charge in [-0.3, -0.25) is 9.98 Å². The van der Waals surface area contributed by atoms with Gasteiger partial charge in [-0.25, -0.2) is 4.98 Å². The Bertz CT molecular complexity index is 943. The predicted molar refractivity (Wildman–Crippen MR) is 125 cm³/mol. The van der Waals surface area contributed by atoms with Crippen molar-refractivity contribution in [3.05, 3.63) is 53.1 Å². The molecule has 158 valence electrons. The largest absolute Gasteiger partial charge is 0.404 e. The van der Waals surface area contributed by atoms with Crippen molar-refractivity contribution in [1.29, 1.82) is 0 Å². The molecule has 0 bridgehead atoms. The van der Waals surface area contributed by atoms with Gasteiger partial charge in [0.15, 0.2) is 0 Å². The number of hydrogen-bond acceptors (Lipinski definition) is 6. The Morgan fingerprint density at radius 3 is 2.77 bits per heavy atom. The molecule has 1 aliphatic heterocycles. The van der Waals surface area contributed by atoms with Crippen molar-refractivity contribution < 1.29 is 0 Å². The van der Waals surface area contributed by atoms with Crippen LogP contribution in [0.15, 0.2) is 35.7 Å². The molecule has 0 spiro atoms. The topological polar surface area (TPSA) is 79.4 Å². The van der Waals surface area contributed by atoms with E-state index in [1.54, 1.807) is 6.20 Å². The smallest absolute Gasteiger partial charge is 0.131 e. The Kier molecular flexibility index (Phi) is 6.31. The van der Waals surface area contributed by atoms with Crippen LogP contribution in [0.3, 0.4) is 0 Å². The minimum Gasteiger partial charge on any atom is -0.404 e. The number of hydrogen-bond donors (Lipinski definition) is 2. The van der Waals surface area contributed by atoms with Gasteiger partial charge < -0.3 is 16.0 Å². The van der Waals surface area contributed by atoms with E-state index in [2.05, 4.69) is 29.3 Å². The molecule has 30 heavy (non-hydrogen) atoms. The van der Waals surface area contributed by atoms with E-state index in [1.165, 1.54) is 48.9 Å². The highest BCUT2D eigenvalue weighted by molar-refractivity contribution is 6.09. The molecule has 0 amide bonds. The summed E-state index contributed by atoms with van der Waals surface area (Å²) in [6.07, 6.45) is 14.6. The molecule has 0 radical (unpaired) electrons. The van der Waals surface area contributed by atoms with E-state index < -0.39 is 0 Å². The molecule has 3 heterocycles. The Morgan fingerprint density at radius 1 is 1.20 bits per heavy atom. The number of fused-ring (bicyclic) bond motifs is 1. The maximum atomic E-state index is 5.95. The second-order valence-corrected chi connectivity index (χ2v) is 8.31. The summed E-state index contributed by atoms with van der Waals surface area (Å²) in [5.74, 6) is 1.04. The fraction of sp³-hybridized carbons (Fsp3) is 0.458. The van der Waals surface area contributed by atoms with Gasteiger partial charge >= 0.3 is 0 Å². The summed E-state index contributed by atoms with van der Waals surface area (Å²) in [7, 11) is 1.92. The SMILES string of the molecule is CNc1cnc(N2CCc3ncc(C(C=NC4CCCCC4)=CN)cc3C2)c(C)c1. The van der Waals surface area contributed by atoms with Crippen molar-refractivity contribution in [2.45, 2.75) is 58.0 Å². The molecular formula is C24H32N6. The van der Waals surface area contributed by atoms with Crippen LogP contribution in [0.4, 0.5) is 11.5 Å². The second kappa shape index (κ2) is 9.28. The Morgan fingerprint density at radius 2 is 2.03 bits per heavy atom. The van der Waals surface area contributed by atoms with Gasteiger partial charge in [-0.2, -0.15) is 0 Å². The van der Waals surface area contributed by atoms with Crippen LogP contribution in [-0.2, 0) is 13.0 Å². The van der Waals surface area contributed by atoms with Crippen LogP contribution < -0.4 is 16.0 Å². The van der Waals surface area contributed by atoms with Gasteiger partial charge in [0, 0.05) is 68.0 Å². The normalized spacial score (nSPS) is 17.9. The molecule has 6 nitrogen and oxygen atoms in total. The summed E-state index contributed by atoms with van der Waals surface area (Å²) in [6.45, 7) is 3.85. The number of rotatable bonds is 5. The van der Waals surface area contributed by atoms with Crippen molar-refractivity contribution >= 4 is 23.3 Å². The van der Waals surface area contributed by atoms with Crippen LogP contribution in [0.25, 0.3) is 5.57 Å². The number of aliphatic imine (C=N–C) groups is 1. The summed E-state index contributed by atoms with van der Waals surface area (Å²) in [4.78, 5) is 16.6. The monoisotopic (exact) mass is 404 g/mol. The molecule has 0 unspecified atom stereocenters. The average molecular weight is 405 g/mol. The highest BCUT2D eigenvalue weighted by Crippen LogP contribution is 2.28. The Labute approximate surface area is 179 Å². The van der Waals surface area contributed by atoms with E-state index in [4.69, 9.17) is 20.7 Å². The van der Waals surface area contributed by atoms with Gasteiger partial charge in [0.2, 0.25) is 0 Å². The maximum Gasteiger partial charge on any atom is 0.131 e.